The van der Waals surface area contributed by atoms with Gasteiger partial charge in [-0.05, 0) is 56.5 Å². The van der Waals surface area contributed by atoms with Crippen LogP contribution in [0.2, 0.25) is 0 Å². The van der Waals surface area contributed by atoms with Gasteiger partial charge in [-0.2, -0.15) is 0 Å². The summed E-state index contributed by atoms with van der Waals surface area (Å²) in [5, 5.41) is 10.7. The summed E-state index contributed by atoms with van der Waals surface area (Å²) >= 11 is 0. The molecule has 2 atom stereocenters. The third-order valence-electron chi connectivity index (χ3n) is 4.31. The predicted octanol–water partition coefficient (Wildman–Crippen LogP) is 2.45. The van der Waals surface area contributed by atoms with E-state index in [2.05, 4.69) is 18.7 Å². The number of benzene rings is 1. The molecule has 1 aliphatic heterocycles. The zero-order valence-corrected chi connectivity index (χ0v) is 13.7. The molecule has 21 heavy (non-hydrogen) atoms. The van der Waals surface area contributed by atoms with E-state index in [-0.39, 0.29) is 6.10 Å². The first kappa shape index (κ1) is 16.3. The van der Waals surface area contributed by atoms with Gasteiger partial charge in [-0.25, -0.2) is 0 Å². The lowest BCUT2D eigenvalue weighted by molar-refractivity contribution is -0.0963. The highest BCUT2D eigenvalue weighted by atomic mass is 16.5. The lowest BCUT2D eigenvalue weighted by Gasteiger charge is -2.37. The molecule has 1 fully saturated rings. The number of nitrogens with zero attached hydrogens (tertiary/aromatic N) is 1. The monoisotopic (exact) mass is 293 g/mol. The summed E-state index contributed by atoms with van der Waals surface area (Å²) in [7, 11) is 1.67. The van der Waals surface area contributed by atoms with Gasteiger partial charge in [0.1, 0.15) is 18.0 Å². The molecule has 2 unspecified atom stereocenters. The van der Waals surface area contributed by atoms with Crippen LogP contribution < -0.4 is 4.74 Å². The second-order valence-corrected chi connectivity index (χ2v) is 6.12. The Labute approximate surface area is 127 Å². The Hall–Kier alpha value is -1.10. The SMILES string of the molecule is COc1cc(C)c(C(O)C2CN(C(C)C)CCO2)cc1C. The van der Waals surface area contributed by atoms with Crippen molar-refractivity contribution in [2.24, 2.45) is 0 Å². The highest BCUT2D eigenvalue weighted by Gasteiger charge is 2.30. The van der Waals surface area contributed by atoms with Gasteiger partial charge >= 0.3 is 0 Å². The average Bonchev–Trinajstić information content (AvgIpc) is 2.48. The van der Waals surface area contributed by atoms with Gasteiger partial charge in [0.2, 0.25) is 0 Å². The zero-order chi connectivity index (χ0) is 15.6. The number of methoxy groups -OCH3 is 1. The number of ether oxygens (including phenoxy) is 2. The highest BCUT2D eigenvalue weighted by molar-refractivity contribution is 5.42. The van der Waals surface area contributed by atoms with Crippen LogP contribution in [0.25, 0.3) is 0 Å². The number of hydrogen-bond donors (Lipinski definition) is 1. The van der Waals surface area contributed by atoms with Crippen LogP contribution in [-0.2, 0) is 4.74 Å². The number of aliphatic hydroxyl groups excluding tert-OH is 1. The van der Waals surface area contributed by atoms with Crippen molar-refractivity contribution in [2.45, 2.75) is 45.9 Å². The molecule has 0 spiro atoms. The second kappa shape index (κ2) is 6.77. The van der Waals surface area contributed by atoms with Gasteiger partial charge in [0.05, 0.1) is 13.7 Å². The van der Waals surface area contributed by atoms with Gasteiger partial charge in [0, 0.05) is 19.1 Å². The van der Waals surface area contributed by atoms with E-state index in [1.807, 2.05) is 26.0 Å². The van der Waals surface area contributed by atoms with Crippen molar-refractivity contribution in [3.05, 3.63) is 28.8 Å². The molecule has 1 heterocycles. The van der Waals surface area contributed by atoms with Gasteiger partial charge in [0.15, 0.2) is 0 Å². The molecule has 1 saturated heterocycles. The average molecular weight is 293 g/mol. The number of aliphatic hydroxyl groups is 1. The summed E-state index contributed by atoms with van der Waals surface area (Å²) in [6, 6.07) is 4.47. The molecule has 1 N–H and O–H groups in total. The highest BCUT2D eigenvalue weighted by Crippen LogP contribution is 2.30. The molecule has 4 nitrogen and oxygen atoms in total. The summed E-state index contributed by atoms with van der Waals surface area (Å²) in [5.41, 5.74) is 3.01. The van der Waals surface area contributed by atoms with E-state index < -0.39 is 6.10 Å². The fraction of sp³-hybridized carbons (Fsp3) is 0.647. The quantitative estimate of drug-likeness (QED) is 0.926. The maximum absolute atomic E-state index is 10.7. The van der Waals surface area contributed by atoms with Crippen molar-refractivity contribution >= 4 is 0 Å². The van der Waals surface area contributed by atoms with Gasteiger partial charge in [0.25, 0.3) is 0 Å². The van der Waals surface area contributed by atoms with Crippen LogP contribution in [-0.4, -0.2) is 49.0 Å². The van der Waals surface area contributed by atoms with Crippen molar-refractivity contribution in [1.82, 2.24) is 4.90 Å². The molecule has 0 saturated carbocycles. The number of rotatable bonds is 4. The number of aryl methyl sites for hydroxylation is 2. The minimum Gasteiger partial charge on any atom is -0.496 e. The summed E-state index contributed by atoms with van der Waals surface area (Å²) in [6.07, 6.45) is -0.774. The van der Waals surface area contributed by atoms with Crippen LogP contribution in [0.3, 0.4) is 0 Å². The molecule has 1 aliphatic rings. The Morgan fingerprint density at radius 3 is 2.62 bits per heavy atom. The van der Waals surface area contributed by atoms with Crippen molar-refractivity contribution in [3.63, 3.8) is 0 Å². The molecule has 0 amide bonds. The fourth-order valence-corrected chi connectivity index (χ4v) is 2.91. The van der Waals surface area contributed by atoms with E-state index in [1.165, 1.54) is 0 Å². The first-order valence-corrected chi connectivity index (χ1v) is 7.63. The van der Waals surface area contributed by atoms with Crippen LogP contribution in [0, 0.1) is 13.8 Å². The van der Waals surface area contributed by atoms with E-state index in [0.29, 0.717) is 12.6 Å². The Morgan fingerprint density at radius 1 is 1.29 bits per heavy atom. The number of hydrogen-bond acceptors (Lipinski definition) is 4. The lowest BCUT2D eigenvalue weighted by atomic mass is 9.95. The normalized spacial score (nSPS) is 21.6. The molecule has 2 rings (SSSR count). The van der Waals surface area contributed by atoms with Crippen LogP contribution in [0.5, 0.6) is 5.75 Å². The van der Waals surface area contributed by atoms with Gasteiger partial charge in [-0.3, -0.25) is 4.90 Å². The Kier molecular flexibility index (Phi) is 5.25. The molecule has 0 radical (unpaired) electrons. The molecule has 1 aromatic rings. The van der Waals surface area contributed by atoms with E-state index in [1.54, 1.807) is 7.11 Å². The van der Waals surface area contributed by atoms with Crippen LogP contribution in [0.4, 0.5) is 0 Å². The molecule has 0 aliphatic carbocycles. The first-order chi connectivity index (χ1) is 9.93. The molecule has 0 aromatic heterocycles. The maximum Gasteiger partial charge on any atom is 0.122 e. The van der Waals surface area contributed by atoms with Crippen molar-refractivity contribution < 1.29 is 14.6 Å². The van der Waals surface area contributed by atoms with Crippen LogP contribution in [0.1, 0.15) is 36.6 Å². The molecule has 4 heteroatoms. The smallest absolute Gasteiger partial charge is 0.122 e. The topological polar surface area (TPSA) is 41.9 Å². The largest absolute Gasteiger partial charge is 0.496 e. The second-order valence-electron chi connectivity index (χ2n) is 6.12. The van der Waals surface area contributed by atoms with Crippen molar-refractivity contribution in [3.8, 4) is 5.75 Å². The van der Waals surface area contributed by atoms with E-state index in [0.717, 1.165) is 35.5 Å². The predicted molar refractivity (Wildman–Crippen MR) is 83.9 cm³/mol. The standard InChI is InChI=1S/C17H27NO3/c1-11(2)18-6-7-21-16(10-18)17(19)14-8-13(4)15(20-5)9-12(14)3/h8-9,11,16-17,19H,6-7,10H2,1-5H3. The Bertz CT molecular complexity index is 487. The minimum atomic E-state index is -0.601. The summed E-state index contributed by atoms with van der Waals surface area (Å²) in [4.78, 5) is 2.35. The molecular weight excluding hydrogens is 266 g/mol. The Balaban J connectivity index is 2.19. The molecule has 0 bridgehead atoms. The Morgan fingerprint density at radius 2 is 2.00 bits per heavy atom. The third kappa shape index (κ3) is 3.57. The molecule has 1 aromatic carbocycles. The van der Waals surface area contributed by atoms with Crippen LogP contribution >= 0.6 is 0 Å². The first-order valence-electron chi connectivity index (χ1n) is 7.63. The van der Waals surface area contributed by atoms with Gasteiger partial charge < -0.3 is 14.6 Å². The van der Waals surface area contributed by atoms with E-state index in [4.69, 9.17) is 9.47 Å². The van der Waals surface area contributed by atoms with Crippen molar-refractivity contribution in [2.75, 3.05) is 26.8 Å². The zero-order valence-electron chi connectivity index (χ0n) is 13.7. The fourth-order valence-electron chi connectivity index (χ4n) is 2.91. The third-order valence-corrected chi connectivity index (χ3v) is 4.31. The molecular formula is C17H27NO3. The maximum atomic E-state index is 10.7. The summed E-state index contributed by atoms with van der Waals surface area (Å²) in [6.45, 7) is 10.7. The van der Waals surface area contributed by atoms with E-state index in [9.17, 15) is 5.11 Å². The van der Waals surface area contributed by atoms with E-state index >= 15 is 0 Å². The number of morpholine rings is 1. The van der Waals surface area contributed by atoms with Crippen LogP contribution in [0.15, 0.2) is 12.1 Å². The van der Waals surface area contributed by atoms with Gasteiger partial charge in [-0.1, -0.05) is 0 Å². The lowest BCUT2D eigenvalue weighted by Crippen LogP contribution is -2.47. The molecule has 118 valence electrons. The summed E-state index contributed by atoms with van der Waals surface area (Å²) < 4.78 is 11.1. The van der Waals surface area contributed by atoms with Crippen molar-refractivity contribution in [1.29, 1.82) is 0 Å². The summed E-state index contributed by atoms with van der Waals surface area (Å²) in [5.74, 6) is 0.858. The minimum absolute atomic E-state index is 0.173. The van der Waals surface area contributed by atoms with Gasteiger partial charge in [-0.15, -0.1) is 0 Å².